The summed E-state index contributed by atoms with van der Waals surface area (Å²) in [6, 6.07) is 11.6. The van der Waals surface area contributed by atoms with Crippen LogP contribution in [0.15, 0.2) is 36.4 Å². The van der Waals surface area contributed by atoms with Crippen molar-refractivity contribution in [2.75, 3.05) is 18.5 Å². The number of fused-ring (bicyclic) bond motifs is 3. The van der Waals surface area contributed by atoms with Crippen LogP contribution in [0.3, 0.4) is 0 Å². The number of nitrogens with one attached hydrogen (secondary N) is 1. The van der Waals surface area contributed by atoms with Crippen molar-refractivity contribution < 1.29 is 9.47 Å². The minimum atomic E-state index is 0.539. The average molecular weight is 364 g/mol. The Morgan fingerprint density at radius 1 is 1.04 bits per heavy atom. The van der Waals surface area contributed by atoms with Gasteiger partial charge in [0.1, 0.15) is 11.5 Å². The summed E-state index contributed by atoms with van der Waals surface area (Å²) >= 11 is 0. The fourth-order valence-electron chi connectivity index (χ4n) is 2.92. The van der Waals surface area contributed by atoms with Gasteiger partial charge in [-0.15, -0.1) is 5.10 Å². The first-order valence-electron chi connectivity index (χ1n) is 8.84. The molecule has 4 aromatic rings. The fourth-order valence-corrected chi connectivity index (χ4v) is 2.92. The topological polar surface area (TPSA) is 86.5 Å². The van der Waals surface area contributed by atoms with Crippen molar-refractivity contribution in [1.29, 1.82) is 0 Å². The van der Waals surface area contributed by atoms with Gasteiger partial charge < -0.3 is 14.8 Å². The van der Waals surface area contributed by atoms with Gasteiger partial charge in [0, 0.05) is 6.07 Å². The maximum absolute atomic E-state index is 5.73. The summed E-state index contributed by atoms with van der Waals surface area (Å²) in [5.41, 5.74) is 4.05. The van der Waals surface area contributed by atoms with Crippen LogP contribution in [0.25, 0.3) is 16.7 Å². The van der Waals surface area contributed by atoms with Crippen LogP contribution in [0.2, 0.25) is 0 Å². The van der Waals surface area contributed by atoms with Crippen LogP contribution in [0, 0.1) is 6.92 Å². The zero-order valence-corrected chi connectivity index (χ0v) is 15.4. The van der Waals surface area contributed by atoms with Crippen molar-refractivity contribution in [3.63, 3.8) is 0 Å². The van der Waals surface area contributed by atoms with Gasteiger partial charge in [-0.2, -0.15) is 4.52 Å². The number of tetrazole rings is 1. The van der Waals surface area contributed by atoms with Crippen LogP contribution < -0.4 is 14.8 Å². The lowest BCUT2D eigenvalue weighted by Crippen LogP contribution is -2.04. The third kappa shape index (κ3) is 3.21. The number of aryl methyl sites for hydroxylation is 1. The van der Waals surface area contributed by atoms with E-state index < -0.39 is 0 Å². The molecule has 0 fully saturated rings. The predicted molar refractivity (Wildman–Crippen MR) is 103 cm³/mol. The quantitative estimate of drug-likeness (QED) is 0.560. The Balaban J connectivity index is 1.84. The summed E-state index contributed by atoms with van der Waals surface area (Å²) in [5.74, 6) is 2.00. The molecule has 4 rings (SSSR count). The van der Waals surface area contributed by atoms with E-state index in [9.17, 15) is 0 Å². The third-order valence-electron chi connectivity index (χ3n) is 4.09. The van der Waals surface area contributed by atoms with Gasteiger partial charge in [0.2, 0.25) is 5.65 Å². The second-order valence-electron chi connectivity index (χ2n) is 6.02. The van der Waals surface area contributed by atoms with E-state index in [0.29, 0.717) is 30.4 Å². The highest BCUT2D eigenvalue weighted by Gasteiger charge is 2.14. The van der Waals surface area contributed by atoms with E-state index in [2.05, 4.69) is 20.8 Å². The summed E-state index contributed by atoms with van der Waals surface area (Å²) in [4.78, 5) is 4.72. The highest BCUT2D eigenvalue weighted by molar-refractivity contribution is 5.84. The predicted octanol–water partition coefficient (Wildman–Crippen LogP) is 3.52. The molecule has 1 N–H and O–H groups in total. The molecular formula is C19H20N6O2. The number of rotatable bonds is 6. The number of aromatic nitrogens is 5. The fraction of sp³-hybridized carbons (Fsp3) is 0.263. The minimum Gasteiger partial charge on any atom is -0.494 e. The average Bonchev–Trinajstić information content (AvgIpc) is 3.15. The molecule has 0 aliphatic carbocycles. The number of benzene rings is 2. The van der Waals surface area contributed by atoms with E-state index >= 15 is 0 Å². The summed E-state index contributed by atoms with van der Waals surface area (Å²) in [5, 5.41) is 15.4. The third-order valence-corrected chi connectivity index (χ3v) is 4.09. The normalized spacial score (nSPS) is 11.1. The first-order valence-corrected chi connectivity index (χ1v) is 8.84. The molecule has 8 heteroatoms. The van der Waals surface area contributed by atoms with Crippen LogP contribution in [0.1, 0.15) is 19.4 Å². The lowest BCUT2D eigenvalue weighted by Gasteiger charge is -2.14. The Kier molecular flexibility index (Phi) is 4.45. The second kappa shape index (κ2) is 7.06. The van der Waals surface area contributed by atoms with Crippen LogP contribution in [-0.2, 0) is 0 Å². The van der Waals surface area contributed by atoms with Gasteiger partial charge in [-0.05, 0) is 61.0 Å². The van der Waals surface area contributed by atoms with Crippen molar-refractivity contribution >= 4 is 28.2 Å². The van der Waals surface area contributed by atoms with Gasteiger partial charge in [0.05, 0.1) is 29.9 Å². The maximum Gasteiger partial charge on any atom is 0.222 e. The van der Waals surface area contributed by atoms with Crippen molar-refractivity contribution in [3.8, 4) is 11.5 Å². The van der Waals surface area contributed by atoms with Crippen LogP contribution >= 0.6 is 0 Å². The maximum atomic E-state index is 5.73. The molecule has 2 heterocycles. The van der Waals surface area contributed by atoms with Gasteiger partial charge in [0.15, 0.2) is 5.82 Å². The molecule has 27 heavy (non-hydrogen) atoms. The molecule has 0 saturated heterocycles. The van der Waals surface area contributed by atoms with Crippen LogP contribution in [0.5, 0.6) is 11.5 Å². The summed E-state index contributed by atoms with van der Waals surface area (Å²) in [6.45, 7) is 7.04. The van der Waals surface area contributed by atoms with Gasteiger partial charge >= 0.3 is 0 Å². The molecule has 0 aliphatic rings. The Bertz CT molecular complexity index is 1110. The van der Waals surface area contributed by atoms with E-state index in [1.54, 1.807) is 4.52 Å². The number of hydrogen-bond donors (Lipinski definition) is 1. The molecule has 0 aliphatic heterocycles. The smallest absolute Gasteiger partial charge is 0.222 e. The number of anilines is 2. The number of ether oxygens (including phenoxy) is 2. The van der Waals surface area contributed by atoms with Gasteiger partial charge in [-0.3, -0.25) is 0 Å². The van der Waals surface area contributed by atoms with Gasteiger partial charge in [0.25, 0.3) is 0 Å². The van der Waals surface area contributed by atoms with E-state index in [0.717, 1.165) is 28.0 Å². The Morgan fingerprint density at radius 2 is 1.89 bits per heavy atom. The highest BCUT2D eigenvalue weighted by atomic mass is 16.5. The highest BCUT2D eigenvalue weighted by Crippen LogP contribution is 2.33. The molecule has 8 nitrogen and oxygen atoms in total. The van der Waals surface area contributed by atoms with Crippen molar-refractivity contribution in [2.45, 2.75) is 20.8 Å². The summed E-state index contributed by atoms with van der Waals surface area (Å²) < 4.78 is 13.0. The molecule has 0 spiro atoms. The summed E-state index contributed by atoms with van der Waals surface area (Å²) in [7, 11) is 0. The van der Waals surface area contributed by atoms with Gasteiger partial charge in [-0.25, -0.2) is 4.98 Å². The van der Waals surface area contributed by atoms with E-state index in [-0.39, 0.29) is 0 Å². The molecule has 0 saturated carbocycles. The molecule has 0 amide bonds. The van der Waals surface area contributed by atoms with Crippen LogP contribution in [0.4, 0.5) is 11.5 Å². The van der Waals surface area contributed by atoms with E-state index in [1.165, 1.54) is 0 Å². The standard InChI is InChI=1S/C19H20N6O2/c1-4-26-13-7-9-17(27-5-2)15(11-13)21-18-19-22-23-24-25(19)16-10-12(3)6-8-14(16)20-18/h6-11H,4-5H2,1-3H3,(H,20,21). The van der Waals surface area contributed by atoms with E-state index in [1.807, 2.05) is 57.2 Å². The Hall–Kier alpha value is -3.42. The van der Waals surface area contributed by atoms with Crippen molar-refractivity contribution in [3.05, 3.63) is 42.0 Å². The van der Waals surface area contributed by atoms with Crippen molar-refractivity contribution in [1.82, 2.24) is 25.0 Å². The lowest BCUT2D eigenvalue weighted by molar-refractivity contribution is 0.332. The molecular weight excluding hydrogens is 344 g/mol. The first-order chi connectivity index (χ1) is 13.2. The molecule has 0 bridgehead atoms. The second-order valence-corrected chi connectivity index (χ2v) is 6.02. The molecule has 138 valence electrons. The van der Waals surface area contributed by atoms with Crippen molar-refractivity contribution in [2.24, 2.45) is 0 Å². The SMILES string of the molecule is CCOc1ccc(OCC)c(Nc2nc3ccc(C)cc3n3nnnc23)c1. The van der Waals surface area contributed by atoms with E-state index in [4.69, 9.17) is 14.5 Å². The van der Waals surface area contributed by atoms with Crippen LogP contribution in [-0.4, -0.2) is 38.2 Å². The number of nitrogens with zero attached hydrogens (tertiary/aromatic N) is 5. The zero-order valence-electron chi connectivity index (χ0n) is 15.4. The lowest BCUT2D eigenvalue weighted by atomic mass is 10.2. The molecule has 2 aromatic heterocycles. The molecule has 0 unspecified atom stereocenters. The number of hydrogen-bond acceptors (Lipinski definition) is 7. The monoisotopic (exact) mass is 364 g/mol. The largest absolute Gasteiger partial charge is 0.494 e. The first kappa shape index (κ1) is 17.0. The molecule has 0 radical (unpaired) electrons. The zero-order chi connectivity index (χ0) is 18.8. The van der Waals surface area contributed by atoms with Gasteiger partial charge in [-0.1, -0.05) is 6.07 Å². The Labute approximate surface area is 156 Å². The Morgan fingerprint density at radius 3 is 2.70 bits per heavy atom. The summed E-state index contributed by atoms with van der Waals surface area (Å²) in [6.07, 6.45) is 0. The minimum absolute atomic E-state index is 0.539. The molecule has 2 aromatic carbocycles. The molecule has 0 atom stereocenters.